The predicted octanol–water partition coefficient (Wildman–Crippen LogP) is 2.95. The highest BCUT2D eigenvalue weighted by molar-refractivity contribution is 5.78. The maximum Gasteiger partial charge on any atom is 0.0702 e. The average molecular weight is 281 g/mol. The lowest BCUT2D eigenvalue weighted by Crippen LogP contribution is -2.43. The molecule has 1 saturated heterocycles. The Hall–Kier alpha value is -1.45. The van der Waals surface area contributed by atoms with Gasteiger partial charge in [0.1, 0.15) is 0 Å². The van der Waals surface area contributed by atoms with Crippen molar-refractivity contribution >= 4 is 10.9 Å². The first-order valence-corrected chi connectivity index (χ1v) is 8.19. The third kappa shape index (κ3) is 3.09. The Bertz CT molecular complexity index is 613. The molecular weight excluding hydrogens is 258 g/mol. The van der Waals surface area contributed by atoms with Crippen LogP contribution in [0.2, 0.25) is 0 Å². The summed E-state index contributed by atoms with van der Waals surface area (Å²) in [4.78, 5) is 7.06. The second-order valence-corrected chi connectivity index (χ2v) is 6.45. The number of pyridine rings is 1. The van der Waals surface area contributed by atoms with Gasteiger partial charge >= 0.3 is 0 Å². The van der Waals surface area contributed by atoms with Crippen molar-refractivity contribution in [2.24, 2.45) is 0 Å². The number of hydrogen-bond acceptors (Lipinski definition) is 3. The second-order valence-electron chi connectivity index (χ2n) is 6.45. The van der Waals surface area contributed by atoms with Gasteiger partial charge in [-0.2, -0.15) is 0 Å². The molecule has 1 aromatic heterocycles. The molecule has 2 aliphatic rings. The number of nitrogens with zero attached hydrogens (tertiary/aromatic N) is 2. The van der Waals surface area contributed by atoms with E-state index in [1.807, 2.05) is 12.3 Å². The number of piperidine rings is 1. The van der Waals surface area contributed by atoms with Gasteiger partial charge in [0.25, 0.3) is 0 Å². The SMILES string of the molecule is c1cnc2ccc(CNC3CCN(C4CC4)CC3)cc2c1. The van der Waals surface area contributed by atoms with Crippen LogP contribution in [0.15, 0.2) is 36.5 Å². The minimum absolute atomic E-state index is 0.685. The zero-order chi connectivity index (χ0) is 14.1. The van der Waals surface area contributed by atoms with Gasteiger partial charge in [-0.1, -0.05) is 12.1 Å². The zero-order valence-corrected chi connectivity index (χ0v) is 12.5. The van der Waals surface area contributed by atoms with E-state index in [4.69, 9.17) is 0 Å². The molecule has 21 heavy (non-hydrogen) atoms. The van der Waals surface area contributed by atoms with E-state index in [1.165, 1.54) is 49.7 Å². The van der Waals surface area contributed by atoms with Crippen LogP contribution >= 0.6 is 0 Å². The van der Waals surface area contributed by atoms with Gasteiger partial charge in [-0.3, -0.25) is 4.98 Å². The van der Waals surface area contributed by atoms with E-state index in [-0.39, 0.29) is 0 Å². The van der Waals surface area contributed by atoms with Gasteiger partial charge in [0.2, 0.25) is 0 Å². The number of aromatic nitrogens is 1. The van der Waals surface area contributed by atoms with E-state index < -0.39 is 0 Å². The smallest absolute Gasteiger partial charge is 0.0702 e. The minimum Gasteiger partial charge on any atom is -0.310 e. The molecule has 0 amide bonds. The highest BCUT2D eigenvalue weighted by Crippen LogP contribution is 2.29. The van der Waals surface area contributed by atoms with Crippen LogP contribution in [0.5, 0.6) is 0 Å². The van der Waals surface area contributed by atoms with Crippen LogP contribution in [0.25, 0.3) is 10.9 Å². The summed E-state index contributed by atoms with van der Waals surface area (Å²) in [7, 11) is 0. The van der Waals surface area contributed by atoms with Gasteiger partial charge < -0.3 is 10.2 Å². The predicted molar refractivity (Wildman–Crippen MR) is 86.2 cm³/mol. The molecule has 1 aliphatic heterocycles. The highest BCUT2D eigenvalue weighted by atomic mass is 15.2. The van der Waals surface area contributed by atoms with E-state index >= 15 is 0 Å². The first-order chi connectivity index (χ1) is 10.4. The number of likely N-dealkylation sites (tertiary alicyclic amines) is 1. The lowest BCUT2D eigenvalue weighted by Gasteiger charge is -2.32. The van der Waals surface area contributed by atoms with Crippen molar-refractivity contribution in [2.75, 3.05) is 13.1 Å². The Labute approximate surface area is 126 Å². The van der Waals surface area contributed by atoms with Gasteiger partial charge in [-0.25, -0.2) is 0 Å². The fourth-order valence-electron chi connectivity index (χ4n) is 3.41. The van der Waals surface area contributed by atoms with E-state index in [1.54, 1.807) is 0 Å². The molecule has 3 heteroatoms. The number of fused-ring (bicyclic) bond motifs is 1. The maximum atomic E-state index is 4.38. The quantitative estimate of drug-likeness (QED) is 0.934. The molecule has 1 saturated carbocycles. The topological polar surface area (TPSA) is 28.2 Å². The Morgan fingerprint density at radius 1 is 1.10 bits per heavy atom. The first-order valence-electron chi connectivity index (χ1n) is 8.19. The summed E-state index contributed by atoms with van der Waals surface area (Å²) in [5, 5.41) is 4.97. The lowest BCUT2D eigenvalue weighted by molar-refractivity contribution is 0.189. The Kier molecular flexibility index (Phi) is 3.62. The van der Waals surface area contributed by atoms with E-state index in [9.17, 15) is 0 Å². The third-order valence-electron chi connectivity index (χ3n) is 4.86. The van der Waals surface area contributed by atoms with Gasteiger partial charge in [-0.05, 0) is 62.5 Å². The molecular formula is C18H23N3. The summed E-state index contributed by atoms with van der Waals surface area (Å²) in [6.07, 6.45) is 7.32. The van der Waals surface area contributed by atoms with Gasteiger partial charge in [-0.15, -0.1) is 0 Å². The monoisotopic (exact) mass is 281 g/mol. The molecule has 1 aliphatic carbocycles. The van der Waals surface area contributed by atoms with Gasteiger partial charge in [0, 0.05) is 30.2 Å². The van der Waals surface area contributed by atoms with Crippen LogP contribution in [0.1, 0.15) is 31.2 Å². The molecule has 1 N–H and O–H groups in total. The maximum absolute atomic E-state index is 4.38. The van der Waals surface area contributed by atoms with Crippen molar-refractivity contribution in [3.8, 4) is 0 Å². The molecule has 2 aromatic rings. The minimum atomic E-state index is 0.685. The first kappa shape index (κ1) is 13.2. The molecule has 4 rings (SSSR count). The summed E-state index contributed by atoms with van der Waals surface area (Å²) in [5.74, 6) is 0. The molecule has 2 heterocycles. The van der Waals surface area contributed by atoms with Crippen LogP contribution < -0.4 is 5.32 Å². The number of nitrogens with one attached hydrogen (secondary N) is 1. The van der Waals surface area contributed by atoms with Gasteiger partial charge in [0.05, 0.1) is 5.52 Å². The molecule has 0 spiro atoms. The molecule has 0 atom stereocenters. The summed E-state index contributed by atoms with van der Waals surface area (Å²) in [5.41, 5.74) is 2.44. The third-order valence-corrected chi connectivity index (χ3v) is 4.86. The Balaban J connectivity index is 1.33. The summed E-state index contributed by atoms with van der Waals surface area (Å²) < 4.78 is 0. The number of rotatable bonds is 4. The molecule has 0 unspecified atom stereocenters. The fraction of sp³-hybridized carbons (Fsp3) is 0.500. The molecule has 110 valence electrons. The summed E-state index contributed by atoms with van der Waals surface area (Å²) >= 11 is 0. The molecule has 1 aromatic carbocycles. The summed E-state index contributed by atoms with van der Waals surface area (Å²) in [6, 6.07) is 12.3. The summed E-state index contributed by atoms with van der Waals surface area (Å²) in [6.45, 7) is 3.53. The number of hydrogen-bond donors (Lipinski definition) is 1. The molecule has 3 nitrogen and oxygen atoms in total. The van der Waals surface area contributed by atoms with Crippen molar-refractivity contribution in [3.63, 3.8) is 0 Å². The van der Waals surface area contributed by atoms with Crippen molar-refractivity contribution in [1.82, 2.24) is 15.2 Å². The van der Waals surface area contributed by atoms with Crippen molar-refractivity contribution < 1.29 is 0 Å². The van der Waals surface area contributed by atoms with Gasteiger partial charge in [0.15, 0.2) is 0 Å². The normalized spacial score (nSPS) is 21.0. The average Bonchev–Trinajstić information content (AvgIpc) is 3.38. The van der Waals surface area contributed by atoms with Crippen LogP contribution in [0, 0.1) is 0 Å². The van der Waals surface area contributed by atoms with E-state index in [2.05, 4.69) is 39.5 Å². The number of benzene rings is 1. The molecule has 2 fully saturated rings. The fourth-order valence-corrected chi connectivity index (χ4v) is 3.41. The molecule has 0 radical (unpaired) electrons. The highest BCUT2D eigenvalue weighted by Gasteiger charge is 2.31. The molecule has 0 bridgehead atoms. The Morgan fingerprint density at radius 2 is 1.95 bits per heavy atom. The van der Waals surface area contributed by atoms with Crippen LogP contribution in [0.4, 0.5) is 0 Å². The van der Waals surface area contributed by atoms with E-state index in [0.717, 1.165) is 18.1 Å². The Morgan fingerprint density at radius 3 is 2.76 bits per heavy atom. The van der Waals surface area contributed by atoms with Crippen LogP contribution in [-0.2, 0) is 6.54 Å². The van der Waals surface area contributed by atoms with E-state index in [0.29, 0.717) is 6.04 Å². The van der Waals surface area contributed by atoms with Crippen molar-refractivity contribution in [3.05, 3.63) is 42.1 Å². The van der Waals surface area contributed by atoms with Crippen molar-refractivity contribution in [2.45, 2.75) is 44.3 Å². The van der Waals surface area contributed by atoms with Crippen LogP contribution in [0.3, 0.4) is 0 Å². The second kappa shape index (κ2) is 5.74. The zero-order valence-electron chi connectivity index (χ0n) is 12.5. The lowest BCUT2D eigenvalue weighted by atomic mass is 10.0. The van der Waals surface area contributed by atoms with Crippen LogP contribution in [-0.4, -0.2) is 35.1 Å². The van der Waals surface area contributed by atoms with Crippen molar-refractivity contribution in [1.29, 1.82) is 0 Å². The largest absolute Gasteiger partial charge is 0.310 e. The standard InChI is InChI=1S/C18H23N3/c1-2-15-12-14(3-6-18(15)19-9-1)13-20-16-7-10-21(11-8-16)17-4-5-17/h1-3,6,9,12,16-17,20H,4-5,7-8,10-11,13H2.